The molecule has 5 nitrogen and oxygen atoms in total. The van der Waals surface area contributed by atoms with Crippen LogP contribution in [0.1, 0.15) is 26.3 Å². The average molecular weight is 375 g/mol. The van der Waals surface area contributed by atoms with Crippen molar-refractivity contribution in [3.63, 3.8) is 0 Å². The van der Waals surface area contributed by atoms with E-state index in [2.05, 4.69) is 0 Å². The summed E-state index contributed by atoms with van der Waals surface area (Å²) in [5.74, 6) is -1.05. The lowest BCUT2D eigenvalue weighted by Gasteiger charge is -2.29. The van der Waals surface area contributed by atoms with Crippen LogP contribution < -0.4 is 4.90 Å². The van der Waals surface area contributed by atoms with Gasteiger partial charge in [-0.25, -0.2) is 9.59 Å². The first-order valence-corrected chi connectivity index (χ1v) is 8.78. The molecule has 3 aromatic carbocycles. The summed E-state index contributed by atoms with van der Waals surface area (Å²) in [6.45, 7) is 1.82. The van der Waals surface area contributed by atoms with Crippen LogP contribution in [0, 0.1) is 6.92 Å². The molecule has 3 aromatic rings. The summed E-state index contributed by atoms with van der Waals surface area (Å²) in [4.78, 5) is 27.1. The Balaban J connectivity index is 2.39. The van der Waals surface area contributed by atoms with E-state index in [0.717, 1.165) is 16.9 Å². The van der Waals surface area contributed by atoms with Crippen LogP contribution in [0.3, 0.4) is 0 Å². The maximum atomic E-state index is 12.6. The second-order valence-electron chi connectivity index (χ2n) is 6.20. The number of benzene rings is 3. The first-order valence-electron chi connectivity index (χ1n) is 8.78. The Labute approximate surface area is 164 Å². The molecule has 0 aliphatic rings. The zero-order valence-corrected chi connectivity index (χ0v) is 16.0. The SMILES string of the molecule is COC(=O)c1cc(C)cc(C(=O)OC)c1N(c1ccccc1)c1ccccc1. The number of anilines is 3. The van der Waals surface area contributed by atoms with Gasteiger partial charge in [-0.1, -0.05) is 36.4 Å². The fourth-order valence-electron chi connectivity index (χ4n) is 3.11. The third-order valence-electron chi connectivity index (χ3n) is 4.32. The van der Waals surface area contributed by atoms with Crippen LogP contribution in [0.4, 0.5) is 17.1 Å². The predicted octanol–water partition coefficient (Wildman–Crippen LogP) is 5.04. The summed E-state index contributed by atoms with van der Waals surface area (Å²) in [5.41, 5.74) is 3.35. The maximum Gasteiger partial charge on any atom is 0.340 e. The highest BCUT2D eigenvalue weighted by Gasteiger charge is 2.27. The first kappa shape index (κ1) is 19.2. The molecule has 0 saturated carbocycles. The Kier molecular flexibility index (Phi) is 5.75. The Morgan fingerprint density at radius 1 is 0.714 bits per heavy atom. The van der Waals surface area contributed by atoms with Gasteiger partial charge >= 0.3 is 11.9 Å². The zero-order chi connectivity index (χ0) is 20.1. The number of hydrogen-bond acceptors (Lipinski definition) is 5. The van der Waals surface area contributed by atoms with E-state index in [0.29, 0.717) is 5.69 Å². The smallest absolute Gasteiger partial charge is 0.340 e. The lowest BCUT2D eigenvalue weighted by atomic mass is 10.0. The van der Waals surface area contributed by atoms with Crippen molar-refractivity contribution in [2.75, 3.05) is 19.1 Å². The number of rotatable bonds is 5. The molecule has 0 radical (unpaired) electrons. The number of carbonyl (C=O) groups is 2. The van der Waals surface area contributed by atoms with E-state index in [-0.39, 0.29) is 11.1 Å². The molecule has 0 aliphatic carbocycles. The molecule has 0 saturated heterocycles. The number of esters is 2. The summed E-state index contributed by atoms with van der Waals surface area (Å²) >= 11 is 0. The topological polar surface area (TPSA) is 55.8 Å². The van der Waals surface area contributed by atoms with Gasteiger partial charge in [0.15, 0.2) is 0 Å². The third kappa shape index (κ3) is 3.74. The second kappa shape index (κ2) is 8.39. The highest BCUT2D eigenvalue weighted by atomic mass is 16.5. The standard InChI is InChI=1S/C23H21NO4/c1-16-14-19(22(25)27-2)21(20(15-16)23(26)28-3)24(17-10-6-4-7-11-17)18-12-8-5-9-13-18/h4-15H,1-3H3. The van der Waals surface area contributed by atoms with E-state index in [4.69, 9.17) is 9.47 Å². The summed E-state index contributed by atoms with van der Waals surface area (Å²) in [7, 11) is 2.64. The van der Waals surface area contributed by atoms with Gasteiger partial charge in [0.05, 0.1) is 31.0 Å². The molecule has 0 spiro atoms. The number of nitrogens with zero attached hydrogens (tertiary/aromatic N) is 1. The van der Waals surface area contributed by atoms with E-state index >= 15 is 0 Å². The number of ether oxygens (including phenoxy) is 2. The lowest BCUT2D eigenvalue weighted by molar-refractivity contribution is 0.0601. The molecular formula is C23H21NO4. The molecule has 0 bridgehead atoms. The molecule has 0 fully saturated rings. The summed E-state index contributed by atoms with van der Waals surface area (Å²) < 4.78 is 10.0. The molecule has 0 aliphatic heterocycles. The van der Waals surface area contributed by atoms with Gasteiger partial charge in [-0.3, -0.25) is 0 Å². The van der Waals surface area contributed by atoms with Crippen LogP contribution in [0.15, 0.2) is 72.8 Å². The normalized spacial score (nSPS) is 10.2. The predicted molar refractivity (Wildman–Crippen MR) is 109 cm³/mol. The zero-order valence-electron chi connectivity index (χ0n) is 16.0. The van der Waals surface area contributed by atoms with Crippen LogP contribution in [0.2, 0.25) is 0 Å². The summed E-state index contributed by atoms with van der Waals surface area (Å²) in [6, 6.07) is 22.5. The molecule has 142 valence electrons. The Hall–Kier alpha value is -3.60. The molecule has 0 unspecified atom stereocenters. The fraction of sp³-hybridized carbons (Fsp3) is 0.130. The average Bonchev–Trinajstić information content (AvgIpc) is 2.75. The molecule has 0 amide bonds. The molecule has 3 rings (SSSR count). The van der Waals surface area contributed by atoms with Crippen molar-refractivity contribution >= 4 is 29.0 Å². The Morgan fingerprint density at radius 3 is 1.46 bits per heavy atom. The highest BCUT2D eigenvalue weighted by Crippen LogP contribution is 2.40. The Bertz CT molecular complexity index is 907. The van der Waals surface area contributed by atoms with Crippen molar-refractivity contribution in [2.24, 2.45) is 0 Å². The molecule has 0 atom stereocenters. The second-order valence-corrected chi connectivity index (χ2v) is 6.20. The van der Waals surface area contributed by atoms with Gasteiger partial charge < -0.3 is 14.4 Å². The van der Waals surface area contributed by atoms with E-state index in [1.54, 1.807) is 12.1 Å². The van der Waals surface area contributed by atoms with Crippen LogP contribution in [0.25, 0.3) is 0 Å². The van der Waals surface area contributed by atoms with E-state index in [1.165, 1.54) is 14.2 Å². The van der Waals surface area contributed by atoms with Crippen LogP contribution in [-0.2, 0) is 9.47 Å². The van der Waals surface area contributed by atoms with Crippen LogP contribution in [0.5, 0.6) is 0 Å². The van der Waals surface area contributed by atoms with E-state index in [9.17, 15) is 9.59 Å². The fourth-order valence-corrected chi connectivity index (χ4v) is 3.11. The van der Waals surface area contributed by atoms with Gasteiger partial charge in [-0.2, -0.15) is 0 Å². The minimum absolute atomic E-state index is 0.288. The van der Waals surface area contributed by atoms with Gasteiger partial charge in [0, 0.05) is 11.4 Å². The summed E-state index contributed by atoms with van der Waals surface area (Å²) in [6.07, 6.45) is 0. The largest absolute Gasteiger partial charge is 0.465 e. The molecule has 0 N–H and O–H groups in total. The van der Waals surface area contributed by atoms with E-state index < -0.39 is 11.9 Å². The van der Waals surface area contributed by atoms with Crippen molar-refractivity contribution in [1.29, 1.82) is 0 Å². The monoisotopic (exact) mass is 375 g/mol. The minimum Gasteiger partial charge on any atom is -0.465 e. The lowest BCUT2D eigenvalue weighted by Crippen LogP contribution is -2.20. The van der Waals surface area contributed by atoms with E-state index in [1.807, 2.05) is 72.5 Å². The number of methoxy groups -OCH3 is 2. The van der Waals surface area contributed by atoms with Crippen molar-refractivity contribution in [3.8, 4) is 0 Å². The third-order valence-corrected chi connectivity index (χ3v) is 4.32. The molecule has 0 heterocycles. The van der Waals surface area contributed by atoms with Gasteiger partial charge in [0.25, 0.3) is 0 Å². The van der Waals surface area contributed by atoms with Crippen LogP contribution >= 0.6 is 0 Å². The highest BCUT2D eigenvalue weighted by molar-refractivity contribution is 6.07. The van der Waals surface area contributed by atoms with Gasteiger partial charge in [-0.05, 0) is 48.9 Å². The van der Waals surface area contributed by atoms with Crippen molar-refractivity contribution in [1.82, 2.24) is 0 Å². The number of hydrogen-bond donors (Lipinski definition) is 0. The number of aryl methyl sites for hydroxylation is 1. The first-order chi connectivity index (χ1) is 13.6. The molecule has 28 heavy (non-hydrogen) atoms. The van der Waals surface area contributed by atoms with Gasteiger partial charge in [0.2, 0.25) is 0 Å². The minimum atomic E-state index is -0.527. The van der Waals surface area contributed by atoms with Gasteiger partial charge in [-0.15, -0.1) is 0 Å². The van der Waals surface area contributed by atoms with Crippen LogP contribution in [-0.4, -0.2) is 26.2 Å². The summed E-state index contributed by atoms with van der Waals surface area (Å²) in [5, 5.41) is 0. The molecule has 0 aromatic heterocycles. The molecule has 5 heteroatoms. The van der Waals surface area contributed by atoms with Crippen molar-refractivity contribution in [3.05, 3.63) is 89.5 Å². The van der Waals surface area contributed by atoms with Crippen molar-refractivity contribution in [2.45, 2.75) is 6.92 Å². The van der Waals surface area contributed by atoms with Crippen molar-refractivity contribution < 1.29 is 19.1 Å². The molecular weight excluding hydrogens is 354 g/mol. The maximum absolute atomic E-state index is 12.6. The number of para-hydroxylation sites is 2. The van der Waals surface area contributed by atoms with Gasteiger partial charge in [0.1, 0.15) is 0 Å². The quantitative estimate of drug-likeness (QED) is 0.585. The number of carbonyl (C=O) groups excluding carboxylic acids is 2. The Morgan fingerprint density at radius 2 is 1.11 bits per heavy atom.